The van der Waals surface area contributed by atoms with Gasteiger partial charge in [0.25, 0.3) is 11.8 Å². The molecule has 0 unspecified atom stereocenters. The molecule has 2 aromatic rings. The Kier molecular flexibility index (Phi) is 5.41. The van der Waals surface area contributed by atoms with Gasteiger partial charge in [-0.05, 0) is 24.6 Å². The quantitative estimate of drug-likeness (QED) is 0.710. The first kappa shape index (κ1) is 22.4. The van der Waals surface area contributed by atoms with Gasteiger partial charge in [-0.3, -0.25) is 14.7 Å². The summed E-state index contributed by atoms with van der Waals surface area (Å²) in [5.74, 6) is -4.30. The highest BCUT2D eigenvalue weighted by molar-refractivity contribution is 6.20. The lowest BCUT2D eigenvalue weighted by Gasteiger charge is -2.32. The van der Waals surface area contributed by atoms with Crippen molar-refractivity contribution in [3.63, 3.8) is 0 Å². The van der Waals surface area contributed by atoms with Crippen LogP contribution in [0.3, 0.4) is 0 Å². The second kappa shape index (κ2) is 7.47. The Balaban J connectivity index is 2.28. The van der Waals surface area contributed by atoms with E-state index in [-0.39, 0.29) is 41.1 Å². The van der Waals surface area contributed by atoms with Crippen LogP contribution < -0.4 is 5.73 Å². The number of fused-ring (bicyclic) bond motifs is 1. The molecule has 1 aliphatic rings. The lowest BCUT2D eigenvalue weighted by atomic mass is 9.81. The third-order valence-electron chi connectivity index (χ3n) is 5.12. The summed E-state index contributed by atoms with van der Waals surface area (Å²) in [5, 5.41) is 5.67. The maximum absolute atomic E-state index is 13.7. The average Bonchev–Trinajstić information content (AvgIpc) is 3.08. The van der Waals surface area contributed by atoms with E-state index in [0.29, 0.717) is 6.07 Å². The highest BCUT2D eigenvalue weighted by atomic mass is 19.4. The highest BCUT2D eigenvalue weighted by Gasteiger charge is 2.46. The van der Waals surface area contributed by atoms with Crippen LogP contribution in [0, 0.1) is 11.6 Å². The summed E-state index contributed by atoms with van der Waals surface area (Å²) in [6.07, 6.45) is -4.76. The van der Waals surface area contributed by atoms with E-state index in [4.69, 9.17) is 5.73 Å². The van der Waals surface area contributed by atoms with Crippen molar-refractivity contribution in [1.29, 1.82) is 0 Å². The second-order valence-electron chi connectivity index (χ2n) is 7.76. The van der Waals surface area contributed by atoms with Crippen molar-refractivity contribution in [2.24, 2.45) is 5.73 Å². The number of hydrogen-bond acceptors (Lipinski definition) is 3. The van der Waals surface area contributed by atoms with Crippen molar-refractivity contribution in [3.05, 3.63) is 58.0 Å². The molecule has 3 N–H and O–H groups in total. The Bertz CT molecular complexity index is 1100. The molecule has 2 amide bonds. The van der Waals surface area contributed by atoms with Gasteiger partial charge in [-0.15, -0.1) is 0 Å². The molecule has 3 rings (SSSR count). The number of hydrogen-bond donors (Lipinski definition) is 2. The van der Waals surface area contributed by atoms with Gasteiger partial charge in [0.2, 0.25) is 0 Å². The first-order chi connectivity index (χ1) is 14.3. The van der Waals surface area contributed by atoms with Crippen LogP contribution in [0.5, 0.6) is 0 Å². The maximum Gasteiger partial charge on any atom is 0.433 e. The molecule has 1 aromatic heterocycles. The van der Waals surface area contributed by atoms with Crippen molar-refractivity contribution in [2.75, 3.05) is 6.54 Å². The van der Waals surface area contributed by atoms with E-state index in [9.17, 15) is 31.5 Å². The molecule has 0 radical (unpaired) electrons. The zero-order valence-electron chi connectivity index (χ0n) is 16.8. The number of allylic oxidation sites excluding steroid dienone is 1. The van der Waals surface area contributed by atoms with E-state index in [0.717, 1.165) is 17.0 Å². The van der Waals surface area contributed by atoms with E-state index in [1.54, 1.807) is 6.92 Å². The number of amides is 2. The number of nitrogens with zero attached hydrogens (tertiary/aromatic N) is 2. The second-order valence-corrected chi connectivity index (χ2v) is 7.76. The SMILES string of the molecule is CCC1=C(C(N)=O)c2n[nH]c(C(F)(F)F)c2C(C)(C)CN1C(=O)c1ccc(F)c(F)c1. The number of carbonyl (C=O) groups excluding carboxylic acids is 2. The largest absolute Gasteiger partial charge is 0.433 e. The molecule has 31 heavy (non-hydrogen) atoms. The number of nitrogens with two attached hydrogens (primary N) is 1. The van der Waals surface area contributed by atoms with Gasteiger partial charge < -0.3 is 10.6 Å². The summed E-state index contributed by atoms with van der Waals surface area (Å²) >= 11 is 0. The summed E-state index contributed by atoms with van der Waals surface area (Å²) in [7, 11) is 0. The van der Waals surface area contributed by atoms with Gasteiger partial charge in [0.05, 0.1) is 5.57 Å². The fourth-order valence-corrected chi connectivity index (χ4v) is 3.83. The van der Waals surface area contributed by atoms with Crippen LogP contribution in [0.25, 0.3) is 5.57 Å². The number of nitrogens with one attached hydrogen (secondary N) is 1. The Morgan fingerprint density at radius 1 is 1.23 bits per heavy atom. The molecule has 1 aliphatic heterocycles. The third-order valence-corrected chi connectivity index (χ3v) is 5.12. The number of benzene rings is 1. The molecule has 1 aromatic carbocycles. The van der Waals surface area contributed by atoms with Crippen molar-refractivity contribution in [1.82, 2.24) is 15.1 Å². The number of rotatable bonds is 3. The van der Waals surface area contributed by atoms with E-state index in [1.807, 2.05) is 5.10 Å². The number of carbonyl (C=O) groups is 2. The fraction of sp³-hybridized carbons (Fsp3) is 0.350. The van der Waals surface area contributed by atoms with Crippen LogP contribution in [0.15, 0.2) is 23.9 Å². The smallest absolute Gasteiger partial charge is 0.365 e. The third kappa shape index (κ3) is 3.79. The summed E-state index contributed by atoms with van der Waals surface area (Å²) in [4.78, 5) is 26.6. The molecule has 0 spiro atoms. The van der Waals surface area contributed by atoms with Gasteiger partial charge >= 0.3 is 6.18 Å². The first-order valence-corrected chi connectivity index (χ1v) is 9.25. The lowest BCUT2D eigenvalue weighted by Crippen LogP contribution is -2.40. The predicted molar refractivity (Wildman–Crippen MR) is 100 cm³/mol. The number of alkyl halides is 3. The minimum absolute atomic E-state index is 0.0364. The predicted octanol–water partition coefficient (Wildman–Crippen LogP) is 3.75. The summed E-state index contributed by atoms with van der Waals surface area (Å²) in [5.41, 5.74) is 1.87. The Morgan fingerprint density at radius 2 is 1.87 bits per heavy atom. The highest BCUT2D eigenvalue weighted by Crippen LogP contribution is 2.44. The van der Waals surface area contributed by atoms with Crippen molar-refractivity contribution in [3.8, 4) is 0 Å². The van der Waals surface area contributed by atoms with Crippen LogP contribution in [-0.2, 0) is 16.4 Å². The van der Waals surface area contributed by atoms with Crippen LogP contribution >= 0.6 is 0 Å². The van der Waals surface area contributed by atoms with Gasteiger partial charge in [-0.1, -0.05) is 20.8 Å². The van der Waals surface area contributed by atoms with Gasteiger partial charge in [0.15, 0.2) is 11.6 Å². The first-order valence-electron chi connectivity index (χ1n) is 9.25. The number of halogens is 5. The van der Waals surface area contributed by atoms with Gasteiger partial charge in [0, 0.05) is 28.8 Å². The summed E-state index contributed by atoms with van der Waals surface area (Å²) < 4.78 is 67.9. The normalized spacial score (nSPS) is 16.2. The maximum atomic E-state index is 13.7. The molecule has 11 heteroatoms. The number of aromatic nitrogens is 2. The van der Waals surface area contributed by atoms with E-state index >= 15 is 0 Å². The van der Waals surface area contributed by atoms with Crippen LogP contribution in [0.2, 0.25) is 0 Å². The zero-order chi connectivity index (χ0) is 23.3. The van der Waals surface area contributed by atoms with Gasteiger partial charge in [0.1, 0.15) is 11.4 Å². The number of H-pyrrole nitrogens is 1. The Morgan fingerprint density at radius 3 is 2.39 bits per heavy atom. The number of primary amides is 1. The molecule has 0 saturated heterocycles. The van der Waals surface area contributed by atoms with Crippen LogP contribution in [0.1, 0.15) is 54.5 Å². The van der Waals surface area contributed by atoms with Gasteiger partial charge in [-0.25, -0.2) is 8.78 Å². The van der Waals surface area contributed by atoms with E-state index < -0.39 is 40.7 Å². The molecule has 0 saturated carbocycles. The monoisotopic (exact) mass is 442 g/mol. The fourth-order valence-electron chi connectivity index (χ4n) is 3.83. The zero-order valence-corrected chi connectivity index (χ0v) is 16.8. The molecule has 0 fully saturated rings. The summed E-state index contributed by atoms with van der Waals surface area (Å²) in [6.45, 7) is 4.21. The van der Waals surface area contributed by atoms with Gasteiger partial charge in [-0.2, -0.15) is 18.3 Å². The molecule has 166 valence electrons. The van der Waals surface area contributed by atoms with E-state index in [1.165, 1.54) is 13.8 Å². The molecule has 0 atom stereocenters. The lowest BCUT2D eigenvalue weighted by molar-refractivity contribution is -0.142. The Hall–Kier alpha value is -3.24. The van der Waals surface area contributed by atoms with Crippen molar-refractivity contribution >= 4 is 17.4 Å². The van der Waals surface area contributed by atoms with Crippen LogP contribution in [0.4, 0.5) is 22.0 Å². The van der Waals surface area contributed by atoms with E-state index in [2.05, 4.69) is 5.10 Å². The standard InChI is InChI=1S/C20H19F5N4O2/c1-4-12-13(17(26)30)15-14(16(28-27-15)20(23,24)25)19(2,3)8-29(12)18(31)9-5-6-10(21)11(22)7-9/h5-7H,4,8H2,1-3H3,(H2,26,30)(H,27,28). The Labute approximate surface area is 173 Å². The minimum Gasteiger partial charge on any atom is -0.365 e. The molecule has 0 aliphatic carbocycles. The number of aromatic amines is 1. The molecule has 0 bridgehead atoms. The van der Waals surface area contributed by atoms with Crippen molar-refractivity contribution < 1.29 is 31.5 Å². The molecular formula is C20H19F5N4O2. The van der Waals surface area contributed by atoms with Crippen molar-refractivity contribution in [2.45, 2.75) is 38.8 Å². The minimum atomic E-state index is -4.80. The summed E-state index contributed by atoms with van der Waals surface area (Å²) in [6, 6.07) is 2.51. The topological polar surface area (TPSA) is 92.1 Å². The average molecular weight is 442 g/mol. The molecule has 6 nitrogen and oxygen atoms in total. The molecular weight excluding hydrogens is 423 g/mol. The van der Waals surface area contributed by atoms with Crippen LogP contribution in [-0.4, -0.2) is 33.5 Å². The molecule has 2 heterocycles.